The Hall–Kier alpha value is 0.497. The van der Waals surface area contributed by atoms with Crippen molar-refractivity contribution in [3.63, 3.8) is 0 Å². The van der Waals surface area contributed by atoms with Gasteiger partial charge in [0.25, 0.3) is 0 Å². The first-order valence-electron chi connectivity index (χ1n) is 7.82. The molecule has 0 rings (SSSR count). The van der Waals surface area contributed by atoms with Gasteiger partial charge in [-0.2, -0.15) is 0 Å². The Morgan fingerprint density at radius 3 is 1.73 bits per heavy atom. The third-order valence-corrected chi connectivity index (χ3v) is 8.78. The molecule has 5 nitrogen and oxygen atoms in total. The molecule has 0 spiro atoms. The van der Waals surface area contributed by atoms with E-state index < -0.39 is 66.1 Å². The number of unbranched alkanes of at least 4 members (excludes halogenated alkanes) is 2. The van der Waals surface area contributed by atoms with Gasteiger partial charge >= 0.3 is 156 Å². The van der Waals surface area contributed by atoms with E-state index in [2.05, 4.69) is 13.8 Å². The molecule has 1 N–H and O–H groups in total. The van der Waals surface area contributed by atoms with E-state index in [0.29, 0.717) is 0 Å². The van der Waals surface area contributed by atoms with Crippen molar-refractivity contribution in [3.05, 3.63) is 0 Å². The molecule has 7 heteroatoms. The van der Waals surface area contributed by atoms with Crippen LogP contribution in [0.25, 0.3) is 0 Å². The van der Waals surface area contributed by atoms with Gasteiger partial charge in [-0.1, -0.05) is 0 Å². The molecule has 0 amide bonds. The predicted octanol–water partition coefficient (Wildman–Crippen LogP) is 2.53. The van der Waals surface area contributed by atoms with Crippen LogP contribution >= 0.6 is 0 Å². The molecule has 0 aromatic rings. The van der Waals surface area contributed by atoms with Crippen LogP contribution in [0.15, 0.2) is 0 Å². The zero-order valence-corrected chi connectivity index (χ0v) is 20.0. The summed E-state index contributed by atoms with van der Waals surface area (Å²) in [6.45, 7) is 8.63. The van der Waals surface area contributed by atoms with Gasteiger partial charge in [0, 0.05) is 0 Å². The molecule has 22 heavy (non-hydrogen) atoms. The molecule has 0 aliphatic carbocycles. The minimum absolute atomic E-state index is 0.490. The van der Waals surface area contributed by atoms with E-state index in [-0.39, 0.29) is 0 Å². The van der Waals surface area contributed by atoms with Crippen LogP contribution in [-0.2, 0) is 15.7 Å². The van der Waals surface area contributed by atoms with Crippen LogP contribution in [0.1, 0.15) is 60.3 Å². The summed E-state index contributed by atoms with van der Waals surface area (Å²) in [6, 6.07) is 0. The molecule has 4 radical (unpaired) electrons. The second kappa shape index (κ2) is 11.1. The monoisotopic (exact) mass is 528 g/mol. The Labute approximate surface area is 155 Å². The van der Waals surface area contributed by atoms with Crippen LogP contribution in [0.5, 0.6) is 0 Å². The van der Waals surface area contributed by atoms with Crippen molar-refractivity contribution < 1.29 is 20.8 Å². The minimum atomic E-state index is -1.85. The number of carbonyl (C=O) groups is 2. The number of hydrogen-bond acceptors (Lipinski definition) is 5. The molecule has 0 bridgehead atoms. The summed E-state index contributed by atoms with van der Waals surface area (Å²) in [4.78, 5) is 24.4. The zero-order chi connectivity index (χ0) is 17.2. The van der Waals surface area contributed by atoms with Crippen molar-refractivity contribution in [1.82, 2.24) is 0 Å². The van der Waals surface area contributed by atoms with Gasteiger partial charge in [0.1, 0.15) is 0 Å². The predicted molar refractivity (Wildman–Crippen MR) is 87.5 cm³/mol. The quantitative estimate of drug-likeness (QED) is 0.332. The van der Waals surface area contributed by atoms with Crippen molar-refractivity contribution >= 4 is 55.1 Å². The van der Waals surface area contributed by atoms with Gasteiger partial charge in [0.2, 0.25) is 0 Å². The van der Waals surface area contributed by atoms with Crippen LogP contribution < -0.4 is 0 Å². The fourth-order valence-corrected chi connectivity index (χ4v) is 6.88. The van der Waals surface area contributed by atoms with Gasteiger partial charge in [0.15, 0.2) is 0 Å². The summed E-state index contributed by atoms with van der Waals surface area (Å²) in [6.07, 6.45) is 4.24. The van der Waals surface area contributed by atoms with E-state index in [1.807, 2.05) is 0 Å². The molecule has 0 aliphatic heterocycles. The van der Waals surface area contributed by atoms with Gasteiger partial charge in [-0.15, -0.1) is 0 Å². The Morgan fingerprint density at radius 1 is 0.909 bits per heavy atom. The first kappa shape index (κ1) is 22.5. The van der Waals surface area contributed by atoms with Crippen molar-refractivity contribution in [2.24, 2.45) is 5.41 Å². The SMILES string of the molecule is CCC[CH2][Sn][O]C(=O)C(C)(C)C(C)(O)C(=O)[O][Sn][CH2]CCC. The van der Waals surface area contributed by atoms with Crippen LogP contribution in [0.2, 0.25) is 8.87 Å². The summed E-state index contributed by atoms with van der Waals surface area (Å²) in [5.74, 6) is -1.17. The van der Waals surface area contributed by atoms with Crippen molar-refractivity contribution in [3.8, 4) is 0 Å². The van der Waals surface area contributed by atoms with E-state index in [9.17, 15) is 14.7 Å². The van der Waals surface area contributed by atoms with Gasteiger partial charge in [-0.3, -0.25) is 0 Å². The average Bonchev–Trinajstić information content (AvgIpc) is 2.47. The van der Waals surface area contributed by atoms with Crippen molar-refractivity contribution in [1.29, 1.82) is 0 Å². The number of rotatable bonds is 11. The molecular formula is C15H28O5Sn2. The Bertz CT molecular complexity index is 322. The van der Waals surface area contributed by atoms with Crippen LogP contribution in [0.3, 0.4) is 0 Å². The molecule has 0 heterocycles. The average molecular weight is 526 g/mol. The topological polar surface area (TPSA) is 72.8 Å². The number of carbonyl (C=O) groups excluding carboxylic acids is 2. The van der Waals surface area contributed by atoms with Gasteiger partial charge in [-0.05, 0) is 0 Å². The molecule has 0 saturated heterocycles. The molecule has 0 saturated carbocycles. The van der Waals surface area contributed by atoms with Crippen molar-refractivity contribution in [2.45, 2.75) is 74.8 Å². The van der Waals surface area contributed by atoms with E-state index in [4.69, 9.17) is 6.15 Å². The molecule has 1 atom stereocenters. The molecule has 126 valence electrons. The normalized spacial score (nSPS) is 14.3. The summed E-state index contributed by atoms with van der Waals surface area (Å²) in [5.41, 5.74) is -3.14. The van der Waals surface area contributed by atoms with Crippen LogP contribution in [-0.4, -0.2) is 65.8 Å². The number of hydrogen-bond donors (Lipinski definition) is 1. The van der Waals surface area contributed by atoms with E-state index in [1.54, 1.807) is 13.8 Å². The molecule has 0 aromatic heterocycles. The third kappa shape index (κ3) is 6.94. The fraction of sp³-hybridized carbons (Fsp3) is 0.867. The van der Waals surface area contributed by atoms with E-state index in [0.717, 1.165) is 34.6 Å². The summed E-state index contributed by atoms with van der Waals surface area (Å²) in [5, 5.41) is 10.5. The Morgan fingerprint density at radius 2 is 1.32 bits per heavy atom. The van der Waals surface area contributed by atoms with Gasteiger partial charge in [-0.25, -0.2) is 0 Å². The molecule has 0 aliphatic rings. The second-order valence-corrected chi connectivity index (χ2v) is 11.6. The Balaban J connectivity index is 4.55. The molecule has 0 fully saturated rings. The third-order valence-electron chi connectivity index (χ3n) is 3.72. The second-order valence-electron chi connectivity index (χ2n) is 5.97. The first-order chi connectivity index (χ1) is 10.2. The van der Waals surface area contributed by atoms with Crippen molar-refractivity contribution in [2.75, 3.05) is 0 Å². The van der Waals surface area contributed by atoms with E-state index >= 15 is 0 Å². The maximum absolute atomic E-state index is 12.2. The van der Waals surface area contributed by atoms with Gasteiger partial charge < -0.3 is 0 Å². The van der Waals surface area contributed by atoms with Crippen LogP contribution in [0, 0.1) is 5.41 Å². The van der Waals surface area contributed by atoms with E-state index in [1.165, 1.54) is 6.92 Å². The summed E-state index contributed by atoms with van der Waals surface area (Å²) < 4.78 is 12.5. The maximum atomic E-state index is 12.2. The Kier molecular flexibility index (Phi) is 11.4. The zero-order valence-electron chi connectivity index (χ0n) is 14.3. The first-order valence-corrected chi connectivity index (χ1v) is 14.2. The molecular weight excluding hydrogens is 498 g/mol. The summed E-state index contributed by atoms with van der Waals surface area (Å²) in [7, 11) is 0. The summed E-state index contributed by atoms with van der Waals surface area (Å²) >= 11 is -2.48. The fourth-order valence-electron chi connectivity index (χ4n) is 1.41. The molecule has 0 aromatic carbocycles. The standard InChI is InChI=1S/C7H12O5.2C4H9.2Sn/c1-6(2,4(8)9)7(3,12)5(10)11;2*1-3-4-2;;/h12H,1-3H3,(H,8,9)(H,10,11);2*1,3-4H2,2H3;;/q;;;2*+1/p-2. The molecule has 1 unspecified atom stereocenters. The van der Waals surface area contributed by atoms with Gasteiger partial charge in [0.05, 0.1) is 0 Å². The van der Waals surface area contributed by atoms with Crippen LogP contribution in [0.4, 0.5) is 0 Å². The number of aliphatic hydroxyl groups is 1.